The molecule has 6 nitrogen and oxygen atoms in total. The molecule has 1 aliphatic rings. The lowest BCUT2D eigenvalue weighted by molar-refractivity contribution is -0.111. The Bertz CT molecular complexity index is 901. The molecule has 1 heterocycles. The van der Waals surface area contributed by atoms with Crippen LogP contribution in [0.5, 0.6) is 0 Å². The molecule has 1 aliphatic carbocycles. The smallest absolute Gasteiger partial charge is 0.249 e. The van der Waals surface area contributed by atoms with Crippen LogP contribution in [0, 0.1) is 6.92 Å². The van der Waals surface area contributed by atoms with Crippen molar-refractivity contribution in [3.8, 4) is 0 Å². The molecule has 0 saturated heterocycles. The second kappa shape index (κ2) is 7.16. The first-order valence-corrected chi connectivity index (χ1v) is 9.45. The molecule has 0 aliphatic heterocycles. The van der Waals surface area contributed by atoms with Gasteiger partial charge in [-0.1, -0.05) is 12.1 Å². The Labute approximate surface area is 147 Å². The van der Waals surface area contributed by atoms with E-state index in [0.717, 1.165) is 24.0 Å². The topological polar surface area (TPSA) is 88.2 Å². The van der Waals surface area contributed by atoms with Gasteiger partial charge in [0.25, 0.3) is 0 Å². The average Bonchev–Trinajstić information content (AvgIpc) is 3.37. The maximum Gasteiger partial charge on any atom is 0.249 e. The summed E-state index contributed by atoms with van der Waals surface area (Å²) in [4.78, 5) is 16.2. The number of aromatic nitrogens is 1. The first-order chi connectivity index (χ1) is 11.9. The van der Waals surface area contributed by atoms with E-state index in [4.69, 9.17) is 0 Å². The summed E-state index contributed by atoms with van der Waals surface area (Å²) in [5.41, 5.74) is 1.74. The molecular weight excluding hydrogens is 338 g/mol. The number of aryl methyl sites for hydroxylation is 1. The predicted octanol–water partition coefficient (Wildman–Crippen LogP) is 2.48. The van der Waals surface area contributed by atoms with Crippen molar-refractivity contribution >= 4 is 27.8 Å². The van der Waals surface area contributed by atoms with E-state index in [2.05, 4.69) is 15.0 Å². The van der Waals surface area contributed by atoms with Crippen LogP contribution in [0.3, 0.4) is 0 Å². The lowest BCUT2D eigenvalue weighted by Crippen LogP contribution is -2.25. The Morgan fingerprint density at radius 3 is 2.56 bits per heavy atom. The number of hydrogen-bond donors (Lipinski definition) is 2. The van der Waals surface area contributed by atoms with Gasteiger partial charge >= 0.3 is 0 Å². The third-order valence-electron chi connectivity index (χ3n) is 3.68. The monoisotopic (exact) mass is 357 g/mol. The molecule has 25 heavy (non-hydrogen) atoms. The van der Waals surface area contributed by atoms with Crippen LogP contribution >= 0.6 is 0 Å². The average molecular weight is 357 g/mol. The zero-order chi connectivity index (χ0) is 17.9. The number of anilines is 1. The van der Waals surface area contributed by atoms with Crippen molar-refractivity contribution in [2.24, 2.45) is 0 Å². The number of sulfonamides is 1. The van der Waals surface area contributed by atoms with Crippen LogP contribution in [0.25, 0.3) is 6.08 Å². The lowest BCUT2D eigenvalue weighted by Gasteiger charge is -2.05. The second-order valence-electron chi connectivity index (χ2n) is 6.01. The number of rotatable bonds is 6. The summed E-state index contributed by atoms with van der Waals surface area (Å²) >= 11 is 0. The van der Waals surface area contributed by atoms with Crippen LogP contribution in [0.15, 0.2) is 53.6 Å². The highest BCUT2D eigenvalue weighted by atomic mass is 32.2. The summed E-state index contributed by atoms with van der Waals surface area (Å²) in [6.45, 7) is 1.92. The fraction of sp³-hybridized carbons (Fsp3) is 0.222. The molecule has 130 valence electrons. The van der Waals surface area contributed by atoms with Gasteiger partial charge in [-0.3, -0.25) is 4.79 Å². The van der Waals surface area contributed by atoms with Crippen molar-refractivity contribution in [3.63, 3.8) is 0 Å². The minimum Gasteiger partial charge on any atom is -0.307 e. The fourth-order valence-corrected chi connectivity index (χ4v) is 3.50. The molecule has 0 bridgehead atoms. The summed E-state index contributed by atoms with van der Waals surface area (Å²) in [7, 11) is -3.45. The Morgan fingerprint density at radius 1 is 1.20 bits per heavy atom. The Balaban J connectivity index is 1.62. The molecule has 0 spiro atoms. The zero-order valence-corrected chi connectivity index (χ0v) is 14.6. The van der Waals surface area contributed by atoms with Crippen LogP contribution in [-0.2, 0) is 14.8 Å². The number of amides is 1. The number of pyridine rings is 1. The first-order valence-electron chi connectivity index (χ1n) is 7.96. The van der Waals surface area contributed by atoms with Crippen LogP contribution in [0.1, 0.15) is 24.0 Å². The van der Waals surface area contributed by atoms with Gasteiger partial charge in [0.2, 0.25) is 15.9 Å². The number of nitrogens with zero attached hydrogens (tertiary/aromatic N) is 1. The molecule has 1 aromatic heterocycles. The van der Waals surface area contributed by atoms with Crippen molar-refractivity contribution in [2.45, 2.75) is 30.7 Å². The number of carbonyl (C=O) groups excluding carboxylic acids is 1. The van der Waals surface area contributed by atoms with E-state index >= 15 is 0 Å². The van der Waals surface area contributed by atoms with E-state index in [1.807, 2.05) is 13.0 Å². The van der Waals surface area contributed by atoms with E-state index in [1.54, 1.807) is 30.5 Å². The molecule has 2 aromatic rings. The molecule has 1 amide bonds. The summed E-state index contributed by atoms with van der Waals surface area (Å²) in [6, 6.07) is 10.1. The van der Waals surface area contributed by atoms with Crippen molar-refractivity contribution in [2.75, 3.05) is 5.32 Å². The maximum atomic E-state index is 12.1. The predicted molar refractivity (Wildman–Crippen MR) is 96.4 cm³/mol. The van der Waals surface area contributed by atoms with Crippen LogP contribution in [0.4, 0.5) is 5.82 Å². The lowest BCUT2D eigenvalue weighted by atomic mass is 10.2. The highest BCUT2D eigenvalue weighted by molar-refractivity contribution is 7.89. The summed E-state index contributed by atoms with van der Waals surface area (Å²) in [5, 5.41) is 2.67. The number of hydrogen-bond acceptors (Lipinski definition) is 4. The number of carbonyl (C=O) groups is 1. The molecule has 2 N–H and O–H groups in total. The molecule has 3 rings (SSSR count). The van der Waals surface area contributed by atoms with Gasteiger partial charge in [0, 0.05) is 18.3 Å². The number of nitrogens with one attached hydrogen (secondary N) is 2. The quantitative estimate of drug-likeness (QED) is 0.778. The third-order valence-corrected chi connectivity index (χ3v) is 5.22. The summed E-state index contributed by atoms with van der Waals surface area (Å²) in [5.74, 6) is 0.187. The SMILES string of the molecule is Cc1ccnc(NC(=O)/C=C/c2ccc(S(=O)(=O)NC3CC3)cc2)c1. The van der Waals surface area contributed by atoms with Gasteiger partial charge in [0.15, 0.2) is 0 Å². The van der Waals surface area contributed by atoms with E-state index in [-0.39, 0.29) is 16.8 Å². The van der Waals surface area contributed by atoms with Gasteiger partial charge < -0.3 is 5.32 Å². The number of benzene rings is 1. The molecule has 1 aromatic carbocycles. The molecule has 0 atom stereocenters. The van der Waals surface area contributed by atoms with Crippen LogP contribution in [-0.4, -0.2) is 25.4 Å². The van der Waals surface area contributed by atoms with Crippen molar-refractivity contribution < 1.29 is 13.2 Å². The molecule has 7 heteroatoms. The molecule has 0 radical (unpaired) electrons. The minimum absolute atomic E-state index is 0.0727. The van der Waals surface area contributed by atoms with Crippen molar-refractivity contribution in [3.05, 3.63) is 59.8 Å². The summed E-state index contributed by atoms with van der Waals surface area (Å²) in [6.07, 6.45) is 6.42. The van der Waals surface area contributed by atoms with Gasteiger partial charge in [-0.05, 0) is 61.2 Å². The largest absolute Gasteiger partial charge is 0.307 e. The Hall–Kier alpha value is -2.51. The standard InChI is InChI=1S/C18H19N3O3S/c1-13-10-11-19-17(12-13)20-18(22)9-4-14-2-7-16(8-3-14)25(23,24)21-15-5-6-15/h2-4,7-12,15,21H,5-6H2,1H3,(H,19,20,22)/b9-4+. The first kappa shape index (κ1) is 17.3. The normalized spacial score (nSPS) is 14.6. The summed E-state index contributed by atoms with van der Waals surface area (Å²) < 4.78 is 26.8. The van der Waals surface area contributed by atoms with Gasteiger partial charge in [-0.2, -0.15) is 0 Å². The van der Waals surface area contributed by atoms with E-state index in [0.29, 0.717) is 5.82 Å². The highest BCUT2D eigenvalue weighted by Gasteiger charge is 2.27. The Kier molecular flexibility index (Phi) is 4.96. The van der Waals surface area contributed by atoms with Gasteiger partial charge in [0.05, 0.1) is 4.90 Å². The highest BCUT2D eigenvalue weighted by Crippen LogP contribution is 2.22. The van der Waals surface area contributed by atoms with Crippen LogP contribution < -0.4 is 10.0 Å². The third kappa shape index (κ3) is 4.98. The minimum atomic E-state index is -3.45. The van der Waals surface area contributed by atoms with E-state index in [9.17, 15) is 13.2 Å². The van der Waals surface area contributed by atoms with E-state index < -0.39 is 10.0 Å². The van der Waals surface area contributed by atoms with Crippen molar-refractivity contribution in [1.29, 1.82) is 0 Å². The van der Waals surface area contributed by atoms with Crippen molar-refractivity contribution in [1.82, 2.24) is 9.71 Å². The zero-order valence-electron chi connectivity index (χ0n) is 13.8. The molecular formula is C18H19N3O3S. The Morgan fingerprint density at radius 2 is 1.92 bits per heavy atom. The van der Waals surface area contributed by atoms with Crippen LogP contribution in [0.2, 0.25) is 0 Å². The van der Waals surface area contributed by atoms with Gasteiger partial charge in [-0.25, -0.2) is 18.1 Å². The molecule has 1 fully saturated rings. The maximum absolute atomic E-state index is 12.1. The van der Waals surface area contributed by atoms with Gasteiger partial charge in [0.1, 0.15) is 5.82 Å². The van der Waals surface area contributed by atoms with Gasteiger partial charge in [-0.15, -0.1) is 0 Å². The molecule has 1 saturated carbocycles. The second-order valence-corrected chi connectivity index (χ2v) is 7.72. The molecule has 0 unspecified atom stereocenters. The van der Waals surface area contributed by atoms with E-state index in [1.165, 1.54) is 18.2 Å². The fourth-order valence-electron chi connectivity index (χ4n) is 2.19.